The molecule has 1 aromatic rings. The van der Waals surface area contributed by atoms with Crippen LogP contribution in [0.1, 0.15) is 12.0 Å². The molecule has 114 valence electrons. The van der Waals surface area contributed by atoms with E-state index in [1.54, 1.807) is 7.11 Å². The predicted octanol–water partition coefficient (Wildman–Crippen LogP) is 0.670. The number of aliphatic hydroxyl groups excluding tert-OH is 1. The molecule has 0 heterocycles. The third-order valence-corrected chi connectivity index (χ3v) is 4.22. The molecule has 20 heavy (non-hydrogen) atoms. The molecule has 0 saturated heterocycles. The highest BCUT2D eigenvalue weighted by Crippen LogP contribution is 2.17. The summed E-state index contributed by atoms with van der Waals surface area (Å²) >= 11 is 0. The van der Waals surface area contributed by atoms with Crippen LogP contribution < -0.4 is 10.5 Å². The van der Waals surface area contributed by atoms with E-state index >= 15 is 0 Å². The third kappa shape index (κ3) is 6.47. The van der Waals surface area contributed by atoms with Crippen LogP contribution in [-0.2, 0) is 22.1 Å². The molecular formula is C14H23NO4S. The average Bonchev–Trinajstić information content (AvgIpc) is 2.45. The first kappa shape index (κ1) is 17.1. The normalized spacial score (nSPS) is 13.9. The molecule has 0 fully saturated rings. The maximum absolute atomic E-state index is 11.7. The lowest BCUT2D eigenvalue weighted by molar-refractivity contribution is 0.125. The number of aliphatic hydroxyl groups is 1. The van der Waals surface area contributed by atoms with Gasteiger partial charge < -0.3 is 20.3 Å². The fourth-order valence-corrected chi connectivity index (χ4v) is 2.84. The van der Waals surface area contributed by atoms with E-state index < -0.39 is 16.9 Å². The van der Waals surface area contributed by atoms with Crippen LogP contribution in [0.3, 0.4) is 0 Å². The molecule has 0 saturated carbocycles. The van der Waals surface area contributed by atoms with E-state index in [9.17, 15) is 9.32 Å². The van der Waals surface area contributed by atoms with Crippen molar-refractivity contribution in [3.05, 3.63) is 29.8 Å². The number of hydrogen-bond acceptors (Lipinski definition) is 5. The lowest BCUT2D eigenvalue weighted by atomic mass is 10.2. The molecule has 2 unspecified atom stereocenters. The first-order valence-electron chi connectivity index (χ1n) is 6.60. The lowest BCUT2D eigenvalue weighted by Gasteiger charge is -2.14. The highest BCUT2D eigenvalue weighted by atomic mass is 32.2. The zero-order chi connectivity index (χ0) is 14.8. The SMILES string of the molecule is COCCCS(=O)CC(O)COc1ccccc1CN. The number of benzene rings is 1. The second-order valence-electron chi connectivity index (χ2n) is 4.43. The van der Waals surface area contributed by atoms with Gasteiger partial charge in [-0.2, -0.15) is 0 Å². The van der Waals surface area contributed by atoms with Crippen LogP contribution in [0, 0.1) is 0 Å². The van der Waals surface area contributed by atoms with Crippen LogP contribution >= 0.6 is 0 Å². The molecular weight excluding hydrogens is 278 g/mol. The quantitative estimate of drug-likeness (QED) is 0.621. The molecule has 0 spiro atoms. The summed E-state index contributed by atoms with van der Waals surface area (Å²) in [6.07, 6.45) is -0.0172. The number of methoxy groups -OCH3 is 1. The van der Waals surface area contributed by atoms with Gasteiger partial charge in [-0.15, -0.1) is 0 Å². The van der Waals surface area contributed by atoms with E-state index in [2.05, 4.69) is 0 Å². The van der Waals surface area contributed by atoms with Crippen LogP contribution in [-0.4, -0.2) is 47.2 Å². The van der Waals surface area contributed by atoms with E-state index in [1.807, 2.05) is 24.3 Å². The zero-order valence-electron chi connectivity index (χ0n) is 11.8. The molecule has 0 aliphatic carbocycles. The Labute approximate surface area is 122 Å². The van der Waals surface area contributed by atoms with Gasteiger partial charge in [0.15, 0.2) is 0 Å². The smallest absolute Gasteiger partial charge is 0.123 e. The summed E-state index contributed by atoms with van der Waals surface area (Å²) in [5, 5.41) is 9.82. The van der Waals surface area contributed by atoms with Crippen LogP contribution in [0.25, 0.3) is 0 Å². The van der Waals surface area contributed by atoms with E-state index in [1.165, 1.54) is 0 Å². The minimum Gasteiger partial charge on any atom is -0.491 e. The molecule has 6 heteroatoms. The lowest BCUT2D eigenvalue weighted by Crippen LogP contribution is -2.26. The fourth-order valence-electron chi connectivity index (χ4n) is 1.71. The van der Waals surface area contributed by atoms with Crippen LogP contribution in [0.5, 0.6) is 5.75 Å². The van der Waals surface area contributed by atoms with Gasteiger partial charge in [-0.1, -0.05) is 18.2 Å². The summed E-state index contributed by atoms with van der Waals surface area (Å²) in [4.78, 5) is 0. The van der Waals surface area contributed by atoms with Crippen molar-refractivity contribution in [3.63, 3.8) is 0 Å². The first-order valence-corrected chi connectivity index (χ1v) is 8.09. The molecule has 0 aliphatic rings. The van der Waals surface area contributed by atoms with E-state index in [0.717, 1.165) is 12.0 Å². The highest BCUT2D eigenvalue weighted by Gasteiger charge is 2.11. The Kier molecular flexibility index (Phi) is 8.45. The van der Waals surface area contributed by atoms with Gasteiger partial charge in [0, 0.05) is 42.4 Å². The average molecular weight is 301 g/mol. The van der Waals surface area contributed by atoms with Gasteiger partial charge in [-0.05, 0) is 12.5 Å². The van der Waals surface area contributed by atoms with Crippen molar-refractivity contribution in [2.24, 2.45) is 5.73 Å². The summed E-state index contributed by atoms with van der Waals surface area (Å²) in [7, 11) is 0.560. The monoisotopic (exact) mass is 301 g/mol. The standard InChI is InChI=1S/C14H23NO4S/c1-18-7-4-8-20(17)11-13(16)10-19-14-6-3-2-5-12(14)9-15/h2-3,5-6,13,16H,4,7-11,15H2,1H3. The molecule has 0 aromatic heterocycles. The molecule has 0 amide bonds. The summed E-state index contributed by atoms with van der Waals surface area (Å²) in [5.41, 5.74) is 6.49. The van der Waals surface area contributed by atoms with Crippen molar-refractivity contribution in [3.8, 4) is 5.75 Å². The predicted molar refractivity (Wildman–Crippen MR) is 80.2 cm³/mol. The molecule has 0 radical (unpaired) electrons. The number of nitrogens with two attached hydrogens (primary N) is 1. The van der Waals surface area contributed by atoms with Gasteiger partial charge in [0.1, 0.15) is 12.4 Å². The van der Waals surface area contributed by atoms with Crippen molar-refractivity contribution in [2.75, 3.05) is 31.8 Å². The van der Waals surface area contributed by atoms with Crippen molar-refractivity contribution in [1.82, 2.24) is 0 Å². The molecule has 1 rings (SSSR count). The van der Waals surface area contributed by atoms with Crippen LogP contribution in [0.15, 0.2) is 24.3 Å². The highest BCUT2D eigenvalue weighted by molar-refractivity contribution is 7.85. The van der Waals surface area contributed by atoms with E-state index in [-0.39, 0.29) is 12.4 Å². The Balaban J connectivity index is 2.32. The minimum atomic E-state index is -1.05. The van der Waals surface area contributed by atoms with Gasteiger partial charge >= 0.3 is 0 Å². The Morgan fingerprint density at radius 2 is 2.15 bits per heavy atom. The molecule has 2 atom stereocenters. The van der Waals surface area contributed by atoms with Crippen molar-refractivity contribution in [2.45, 2.75) is 19.1 Å². The van der Waals surface area contributed by atoms with Crippen LogP contribution in [0.2, 0.25) is 0 Å². The Morgan fingerprint density at radius 1 is 1.40 bits per heavy atom. The van der Waals surface area contributed by atoms with Gasteiger partial charge in [-0.25, -0.2) is 0 Å². The van der Waals surface area contributed by atoms with Crippen molar-refractivity contribution >= 4 is 10.8 Å². The summed E-state index contributed by atoms with van der Waals surface area (Å²) < 4.78 is 22.1. The maximum Gasteiger partial charge on any atom is 0.123 e. The Morgan fingerprint density at radius 3 is 2.85 bits per heavy atom. The largest absolute Gasteiger partial charge is 0.491 e. The van der Waals surface area contributed by atoms with Crippen molar-refractivity contribution in [1.29, 1.82) is 0 Å². The van der Waals surface area contributed by atoms with Crippen LogP contribution in [0.4, 0.5) is 0 Å². The zero-order valence-corrected chi connectivity index (χ0v) is 12.6. The molecule has 0 bridgehead atoms. The van der Waals surface area contributed by atoms with E-state index in [0.29, 0.717) is 24.7 Å². The van der Waals surface area contributed by atoms with E-state index in [4.69, 9.17) is 15.2 Å². The summed E-state index contributed by atoms with van der Waals surface area (Å²) in [5.74, 6) is 1.41. The molecule has 0 aliphatic heterocycles. The summed E-state index contributed by atoms with van der Waals surface area (Å²) in [6, 6.07) is 7.43. The minimum absolute atomic E-state index is 0.118. The number of hydrogen-bond donors (Lipinski definition) is 2. The van der Waals surface area contributed by atoms with Gasteiger partial charge in [0.2, 0.25) is 0 Å². The number of rotatable bonds is 10. The van der Waals surface area contributed by atoms with Gasteiger partial charge in [0.05, 0.1) is 11.9 Å². The van der Waals surface area contributed by atoms with Gasteiger partial charge in [0.25, 0.3) is 0 Å². The second-order valence-corrected chi connectivity index (χ2v) is 6.05. The first-order chi connectivity index (χ1) is 9.67. The molecule has 1 aromatic carbocycles. The van der Waals surface area contributed by atoms with Crippen molar-refractivity contribution < 1.29 is 18.8 Å². The molecule has 5 nitrogen and oxygen atoms in total. The topological polar surface area (TPSA) is 81.8 Å². The number of para-hydroxylation sites is 1. The second kappa shape index (κ2) is 9.88. The molecule has 3 N–H and O–H groups in total. The summed E-state index contributed by atoms with van der Waals surface area (Å²) in [6.45, 7) is 1.09. The number of ether oxygens (including phenoxy) is 2. The Bertz CT molecular complexity index is 414. The van der Waals surface area contributed by atoms with Gasteiger partial charge in [-0.3, -0.25) is 4.21 Å². The maximum atomic E-state index is 11.7. The fraction of sp³-hybridized carbons (Fsp3) is 0.571. The Hall–Kier alpha value is -0.950. The third-order valence-electron chi connectivity index (χ3n) is 2.72.